The summed E-state index contributed by atoms with van der Waals surface area (Å²) in [5.74, 6) is -0.462. The molecule has 2 fully saturated rings. The van der Waals surface area contributed by atoms with Gasteiger partial charge in [-0.05, 0) is 51.1 Å². The number of rotatable bonds is 3. The third-order valence-corrected chi connectivity index (χ3v) is 5.87. The maximum absolute atomic E-state index is 13.0. The second-order valence-electron chi connectivity index (χ2n) is 6.91. The van der Waals surface area contributed by atoms with Gasteiger partial charge in [0.1, 0.15) is 5.75 Å². The Morgan fingerprint density at radius 1 is 1.32 bits per heavy atom. The van der Waals surface area contributed by atoms with Gasteiger partial charge in [-0.3, -0.25) is 9.59 Å². The van der Waals surface area contributed by atoms with E-state index in [1.165, 1.54) is 7.11 Å². The van der Waals surface area contributed by atoms with Crippen LogP contribution in [0.2, 0.25) is 5.02 Å². The van der Waals surface area contributed by atoms with Gasteiger partial charge >= 0.3 is 5.97 Å². The summed E-state index contributed by atoms with van der Waals surface area (Å²) in [4.78, 5) is 28.8. The molecule has 0 unspecified atom stereocenters. The van der Waals surface area contributed by atoms with Crippen molar-refractivity contribution in [2.75, 3.05) is 33.8 Å². The van der Waals surface area contributed by atoms with Crippen molar-refractivity contribution in [3.63, 3.8) is 0 Å². The lowest BCUT2D eigenvalue weighted by Crippen LogP contribution is -2.63. The first-order chi connectivity index (χ1) is 11.9. The number of benzene rings is 1. The number of carboxylic acids is 1. The molecular formula is C18H23ClN2O4. The second-order valence-corrected chi connectivity index (χ2v) is 7.34. The van der Waals surface area contributed by atoms with Crippen LogP contribution in [0, 0.1) is 5.41 Å². The number of hydrogen-bond donors (Lipinski definition) is 1. The number of carboxylic acid groups (broad SMARTS) is 1. The van der Waals surface area contributed by atoms with E-state index in [2.05, 4.69) is 4.90 Å². The van der Waals surface area contributed by atoms with Crippen LogP contribution >= 0.6 is 11.6 Å². The normalized spacial score (nSPS) is 26.8. The molecule has 3 rings (SSSR count). The average molecular weight is 367 g/mol. The van der Waals surface area contributed by atoms with Gasteiger partial charge in [-0.1, -0.05) is 11.6 Å². The van der Waals surface area contributed by atoms with Crippen molar-refractivity contribution in [1.29, 1.82) is 0 Å². The van der Waals surface area contributed by atoms with Crippen LogP contribution in [0.5, 0.6) is 5.75 Å². The van der Waals surface area contributed by atoms with Crippen molar-refractivity contribution >= 4 is 23.5 Å². The van der Waals surface area contributed by atoms with Crippen molar-refractivity contribution < 1.29 is 19.4 Å². The van der Waals surface area contributed by atoms with Gasteiger partial charge in [-0.25, -0.2) is 0 Å². The molecule has 136 valence electrons. The maximum Gasteiger partial charge on any atom is 0.311 e. The van der Waals surface area contributed by atoms with E-state index < -0.39 is 11.4 Å². The molecule has 7 heteroatoms. The van der Waals surface area contributed by atoms with E-state index in [-0.39, 0.29) is 11.9 Å². The highest BCUT2D eigenvalue weighted by molar-refractivity contribution is 6.30. The van der Waals surface area contributed by atoms with E-state index in [0.29, 0.717) is 42.3 Å². The average Bonchev–Trinajstić information content (AvgIpc) is 2.61. The minimum Gasteiger partial charge on any atom is -0.496 e. The summed E-state index contributed by atoms with van der Waals surface area (Å²) in [5.41, 5.74) is -0.304. The molecule has 1 aromatic rings. The van der Waals surface area contributed by atoms with Gasteiger partial charge < -0.3 is 19.6 Å². The Morgan fingerprint density at radius 2 is 2.08 bits per heavy atom. The number of ether oxygens (including phenoxy) is 1. The predicted octanol–water partition coefficient (Wildman–Crippen LogP) is 2.36. The van der Waals surface area contributed by atoms with Crippen LogP contribution in [-0.2, 0) is 4.79 Å². The highest BCUT2D eigenvalue weighted by Gasteiger charge is 2.52. The molecule has 0 aromatic heterocycles. The summed E-state index contributed by atoms with van der Waals surface area (Å²) >= 11 is 5.97. The van der Waals surface area contributed by atoms with Crippen molar-refractivity contribution in [1.82, 2.24) is 9.80 Å². The lowest BCUT2D eigenvalue weighted by Gasteiger charge is -2.51. The number of halogens is 1. The molecule has 1 N–H and O–H groups in total. The fourth-order valence-electron chi connectivity index (χ4n) is 4.18. The van der Waals surface area contributed by atoms with Crippen LogP contribution in [0.15, 0.2) is 18.2 Å². The predicted molar refractivity (Wildman–Crippen MR) is 94.2 cm³/mol. The number of carbonyl (C=O) groups is 2. The van der Waals surface area contributed by atoms with Gasteiger partial charge in [0.15, 0.2) is 0 Å². The molecule has 6 nitrogen and oxygen atoms in total. The minimum atomic E-state index is -0.756. The first-order valence-electron chi connectivity index (χ1n) is 8.45. The van der Waals surface area contributed by atoms with Gasteiger partial charge in [0.2, 0.25) is 0 Å². The topological polar surface area (TPSA) is 70.1 Å². The Bertz CT molecular complexity index is 696. The van der Waals surface area contributed by atoms with Crippen LogP contribution in [-0.4, -0.2) is 66.6 Å². The Labute approximate surface area is 152 Å². The van der Waals surface area contributed by atoms with Crippen LogP contribution in [0.25, 0.3) is 0 Å². The number of piperidine rings is 2. The van der Waals surface area contributed by atoms with E-state index in [4.69, 9.17) is 16.3 Å². The summed E-state index contributed by atoms with van der Waals surface area (Å²) < 4.78 is 5.29. The molecule has 1 amide bonds. The summed E-state index contributed by atoms with van der Waals surface area (Å²) in [6, 6.07) is 4.77. The lowest BCUT2D eigenvalue weighted by molar-refractivity contribution is -0.161. The highest BCUT2D eigenvalue weighted by atomic mass is 35.5. The summed E-state index contributed by atoms with van der Waals surface area (Å²) in [6.07, 6.45) is 2.01. The van der Waals surface area contributed by atoms with E-state index in [9.17, 15) is 14.7 Å². The fraction of sp³-hybridized carbons (Fsp3) is 0.556. The molecule has 2 saturated heterocycles. The first-order valence-corrected chi connectivity index (χ1v) is 8.83. The van der Waals surface area contributed by atoms with Gasteiger partial charge in [0, 0.05) is 24.2 Å². The third kappa shape index (κ3) is 3.09. The molecule has 2 atom stereocenters. The minimum absolute atomic E-state index is 0.147. The molecule has 2 aliphatic rings. The second kappa shape index (κ2) is 6.84. The molecular weight excluding hydrogens is 344 g/mol. The molecule has 0 saturated carbocycles. The van der Waals surface area contributed by atoms with Gasteiger partial charge in [0.05, 0.1) is 18.1 Å². The van der Waals surface area contributed by atoms with Crippen LogP contribution < -0.4 is 4.74 Å². The van der Waals surface area contributed by atoms with Crippen molar-refractivity contribution in [3.8, 4) is 5.75 Å². The summed E-state index contributed by atoms with van der Waals surface area (Å²) in [6.45, 7) is 1.70. The van der Waals surface area contributed by atoms with Crippen molar-refractivity contribution in [2.24, 2.45) is 5.41 Å². The van der Waals surface area contributed by atoms with E-state index >= 15 is 0 Å². The maximum atomic E-state index is 13.0. The van der Waals surface area contributed by atoms with Crippen LogP contribution in [0.4, 0.5) is 0 Å². The van der Waals surface area contributed by atoms with Gasteiger partial charge in [0.25, 0.3) is 5.91 Å². The molecule has 0 bridgehead atoms. The Kier molecular flexibility index (Phi) is 4.93. The van der Waals surface area contributed by atoms with Crippen LogP contribution in [0.3, 0.4) is 0 Å². The quantitative estimate of drug-likeness (QED) is 0.889. The van der Waals surface area contributed by atoms with E-state index in [1.54, 1.807) is 23.1 Å². The zero-order chi connectivity index (χ0) is 18.2. The van der Waals surface area contributed by atoms with E-state index in [0.717, 1.165) is 13.0 Å². The standard InChI is InChI=1S/C18H23ClN2O4/c1-20-8-3-6-18(17(23)24)7-9-21(11-15(18)20)16(22)13-5-4-12(19)10-14(13)25-2/h4-5,10,15H,3,6-9,11H2,1-2H3,(H,23,24)/t15-,18+/m1/s1. The number of nitrogens with zero attached hydrogens (tertiary/aromatic N) is 2. The lowest BCUT2D eigenvalue weighted by atomic mass is 9.68. The number of aliphatic carboxylic acids is 1. The fourth-order valence-corrected chi connectivity index (χ4v) is 4.34. The Balaban J connectivity index is 1.86. The largest absolute Gasteiger partial charge is 0.496 e. The monoisotopic (exact) mass is 366 g/mol. The molecule has 1 aromatic carbocycles. The zero-order valence-electron chi connectivity index (χ0n) is 14.5. The molecule has 2 heterocycles. The van der Waals surface area contributed by atoms with Crippen molar-refractivity contribution in [2.45, 2.75) is 25.3 Å². The van der Waals surface area contributed by atoms with Crippen molar-refractivity contribution in [3.05, 3.63) is 28.8 Å². The Hall–Kier alpha value is -1.79. The summed E-state index contributed by atoms with van der Waals surface area (Å²) in [7, 11) is 3.45. The molecule has 0 spiro atoms. The number of hydrogen-bond acceptors (Lipinski definition) is 4. The SMILES string of the molecule is COc1cc(Cl)ccc1C(=O)N1CC[C@@]2(C(=O)O)CCCN(C)[C@@H]2C1. The van der Waals surface area contributed by atoms with Gasteiger partial charge in [-0.15, -0.1) is 0 Å². The number of amides is 1. The molecule has 0 aliphatic carbocycles. The number of carbonyl (C=O) groups excluding carboxylic acids is 1. The van der Waals surface area contributed by atoms with Crippen LogP contribution in [0.1, 0.15) is 29.6 Å². The molecule has 25 heavy (non-hydrogen) atoms. The number of fused-ring (bicyclic) bond motifs is 1. The van der Waals surface area contributed by atoms with Gasteiger partial charge in [-0.2, -0.15) is 0 Å². The highest BCUT2D eigenvalue weighted by Crippen LogP contribution is 2.42. The summed E-state index contributed by atoms with van der Waals surface area (Å²) in [5, 5.41) is 10.3. The zero-order valence-corrected chi connectivity index (χ0v) is 15.3. The number of likely N-dealkylation sites (tertiary alicyclic amines) is 2. The Morgan fingerprint density at radius 3 is 2.76 bits per heavy atom. The first kappa shape index (κ1) is 18.0. The molecule has 2 aliphatic heterocycles. The number of likely N-dealkylation sites (N-methyl/N-ethyl adjacent to an activating group) is 1. The van der Waals surface area contributed by atoms with E-state index in [1.807, 2.05) is 7.05 Å². The number of methoxy groups -OCH3 is 1. The third-order valence-electron chi connectivity index (χ3n) is 5.63. The molecule has 0 radical (unpaired) electrons. The smallest absolute Gasteiger partial charge is 0.311 e.